The molecule has 0 fully saturated rings. The number of hydrogen-bond acceptors (Lipinski definition) is 3. The second kappa shape index (κ2) is 5.75. The number of nitrogens with two attached hydrogens (primary N) is 1. The van der Waals surface area contributed by atoms with Gasteiger partial charge in [0.25, 0.3) is 0 Å². The summed E-state index contributed by atoms with van der Waals surface area (Å²) < 4.78 is 1.97. The van der Waals surface area contributed by atoms with E-state index in [-0.39, 0.29) is 0 Å². The van der Waals surface area contributed by atoms with Gasteiger partial charge >= 0.3 is 0 Å². The van der Waals surface area contributed by atoms with Gasteiger partial charge in [0.1, 0.15) is 0 Å². The maximum absolute atomic E-state index is 5.86. The van der Waals surface area contributed by atoms with E-state index < -0.39 is 0 Å². The van der Waals surface area contributed by atoms with Crippen molar-refractivity contribution in [2.75, 3.05) is 0 Å². The third kappa shape index (κ3) is 3.10. The molecule has 14 heavy (non-hydrogen) atoms. The maximum atomic E-state index is 5.86. The van der Waals surface area contributed by atoms with Crippen molar-refractivity contribution in [3.63, 3.8) is 0 Å². The standard InChI is InChI=1S/C10H20N4/c1-3-7-14-10(8-12-13-14)6-5-9(11)4-2/h8-9H,3-7,11H2,1-2H3. The van der Waals surface area contributed by atoms with Crippen LogP contribution in [-0.4, -0.2) is 21.0 Å². The van der Waals surface area contributed by atoms with Gasteiger partial charge in [-0.3, -0.25) is 0 Å². The van der Waals surface area contributed by atoms with E-state index in [1.165, 1.54) is 5.69 Å². The number of aromatic nitrogens is 3. The Bertz CT molecular complexity index is 256. The Hall–Kier alpha value is -0.900. The summed E-state index contributed by atoms with van der Waals surface area (Å²) in [5.41, 5.74) is 7.07. The molecule has 4 heteroatoms. The van der Waals surface area contributed by atoms with Crippen LogP contribution in [0.15, 0.2) is 6.20 Å². The molecule has 0 aliphatic heterocycles. The van der Waals surface area contributed by atoms with E-state index in [0.29, 0.717) is 6.04 Å². The smallest absolute Gasteiger partial charge is 0.0725 e. The Morgan fingerprint density at radius 3 is 2.93 bits per heavy atom. The molecule has 0 amide bonds. The molecule has 0 radical (unpaired) electrons. The van der Waals surface area contributed by atoms with Crippen LogP contribution < -0.4 is 5.73 Å². The van der Waals surface area contributed by atoms with E-state index in [1.807, 2.05) is 10.9 Å². The van der Waals surface area contributed by atoms with Crippen LogP contribution in [0.5, 0.6) is 0 Å². The third-order valence-electron chi connectivity index (χ3n) is 2.43. The largest absolute Gasteiger partial charge is 0.328 e. The molecule has 1 aromatic rings. The minimum atomic E-state index is 0.306. The third-order valence-corrected chi connectivity index (χ3v) is 2.43. The Balaban J connectivity index is 2.45. The van der Waals surface area contributed by atoms with Crippen LogP contribution in [0.3, 0.4) is 0 Å². The summed E-state index contributed by atoms with van der Waals surface area (Å²) in [7, 11) is 0. The maximum Gasteiger partial charge on any atom is 0.0725 e. The Morgan fingerprint density at radius 1 is 1.50 bits per heavy atom. The molecular formula is C10H20N4. The molecule has 1 heterocycles. The van der Waals surface area contributed by atoms with Crippen molar-refractivity contribution in [2.24, 2.45) is 5.73 Å². The zero-order valence-corrected chi connectivity index (χ0v) is 9.11. The summed E-state index contributed by atoms with van der Waals surface area (Å²) in [6.45, 7) is 5.21. The fourth-order valence-corrected chi connectivity index (χ4v) is 1.41. The summed E-state index contributed by atoms with van der Waals surface area (Å²) in [6.07, 6.45) is 5.99. The second-order valence-electron chi connectivity index (χ2n) is 3.66. The van der Waals surface area contributed by atoms with Crippen LogP contribution in [0.4, 0.5) is 0 Å². The highest BCUT2D eigenvalue weighted by Gasteiger charge is 2.05. The monoisotopic (exact) mass is 196 g/mol. The summed E-state index contributed by atoms with van der Waals surface area (Å²) in [4.78, 5) is 0. The zero-order valence-electron chi connectivity index (χ0n) is 9.11. The SMILES string of the molecule is CCCn1nncc1CCC(N)CC. The zero-order chi connectivity index (χ0) is 10.4. The molecule has 1 atom stereocenters. The van der Waals surface area contributed by atoms with Gasteiger partial charge in [0.05, 0.1) is 11.9 Å². The topological polar surface area (TPSA) is 56.7 Å². The fraction of sp³-hybridized carbons (Fsp3) is 0.800. The quantitative estimate of drug-likeness (QED) is 0.747. The normalized spacial score (nSPS) is 13.1. The number of hydrogen-bond donors (Lipinski definition) is 1. The first kappa shape index (κ1) is 11.2. The minimum absolute atomic E-state index is 0.306. The molecule has 2 N–H and O–H groups in total. The highest BCUT2D eigenvalue weighted by Crippen LogP contribution is 2.05. The van der Waals surface area contributed by atoms with Crippen molar-refractivity contribution in [2.45, 2.75) is 52.1 Å². The van der Waals surface area contributed by atoms with Crippen molar-refractivity contribution in [1.82, 2.24) is 15.0 Å². The van der Waals surface area contributed by atoms with Gasteiger partial charge in [0, 0.05) is 12.6 Å². The summed E-state index contributed by atoms with van der Waals surface area (Å²) >= 11 is 0. The lowest BCUT2D eigenvalue weighted by Crippen LogP contribution is -2.20. The van der Waals surface area contributed by atoms with Gasteiger partial charge in [-0.25, -0.2) is 4.68 Å². The molecule has 80 valence electrons. The van der Waals surface area contributed by atoms with E-state index in [1.54, 1.807) is 0 Å². The van der Waals surface area contributed by atoms with Gasteiger partial charge in [-0.15, -0.1) is 5.10 Å². The summed E-state index contributed by atoms with van der Waals surface area (Å²) in [6, 6.07) is 0.306. The molecule has 4 nitrogen and oxygen atoms in total. The molecule has 0 spiro atoms. The van der Waals surface area contributed by atoms with Crippen LogP contribution >= 0.6 is 0 Å². The average molecular weight is 196 g/mol. The van der Waals surface area contributed by atoms with Crippen molar-refractivity contribution >= 4 is 0 Å². The van der Waals surface area contributed by atoms with Crippen LogP contribution in [0.1, 0.15) is 38.8 Å². The van der Waals surface area contributed by atoms with Gasteiger partial charge < -0.3 is 5.73 Å². The van der Waals surface area contributed by atoms with Crippen LogP contribution in [0.25, 0.3) is 0 Å². The van der Waals surface area contributed by atoms with Gasteiger partial charge in [0.2, 0.25) is 0 Å². The van der Waals surface area contributed by atoms with Gasteiger partial charge in [-0.1, -0.05) is 19.1 Å². The second-order valence-corrected chi connectivity index (χ2v) is 3.66. The molecule has 1 unspecified atom stereocenters. The molecule has 0 saturated heterocycles. The first-order chi connectivity index (χ1) is 6.77. The summed E-state index contributed by atoms with van der Waals surface area (Å²) in [5, 5.41) is 7.95. The first-order valence-corrected chi connectivity index (χ1v) is 5.40. The molecule has 0 bridgehead atoms. The van der Waals surface area contributed by atoms with E-state index in [2.05, 4.69) is 24.2 Å². The van der Waals surface area contributed by atoms with E-state index >= 15 is 0 Å². The lowest BCUT2D eigenvalue weighted by atomic mass is 10.1. The Labute approximate surface area is 85.5 Å². The average Bonchev–Trinajstić information content (AvgIpc) is 2.62. The van der Waals surface area contributed by atoms with Crippen molar-refractivity contribution in [3.05, 3.63) is 11.9 Å². The van der Waals surface area contributed by atoms with E-state index in [0.717, 1.165) is 32.2 Å². The highest BCUT2D eigenvalue weighted by molar-refractivity contribution is 4.94. The van der Waals surface area contributed by atoms with Crippen LogP contribution in [-0.2, 0) is 13.0 Å². The summed E-state index contributed by atoms with van der Waals surface area (Å²) in [5.74, 6) is 0. The first-order valence-electron chi connectivity index (χ1n) is 5.40. The van der Waals surface area contributed by atoms with E-state index in [4.69, 9.17) is 5.73 Å². The predicted octanol–water partition coefficient (Wildman–Crippen LogP) is 1.36. The Morgan fingerprint density at radius 2 is 2.29 bits per heavy atom. The van der Waals surface area contributed by atoms with Crippen molar-refractivity contribution in [1.29, 1.82) is 0 Å². The van der Waals surface area contributed by atoms with Crippen LogP contribution in [0, 0.1) is 0 Å². The highest BCUT2D eigenvalue weighted by atomic mass is 15.4. The number of rotatable bonds is 6. The molecule has 1 aromatic heterocycles. The lowest BCUT2D eigenvalue weighted by Gasteiger charge is -2.08. The molecule has 0 aliphatic rings. The van der Waals surface area contributed by atoms with Crippen molar-refractivity contribution < 1.29 is 0 Å². The molecule has 0 saturated carbocycles. The molecule has 0 aliphatic carbocycles. The lowest BCUT2D eigenvalue weighted by molar-refractivity contribution is 0.529. The predicted molar refractivity (Wildman–Crippen MR) is 56.9 cm³/mol. The minimum Gasteiger partial charge on any atom is -0.328 e. The van der Waals surface area contributed by atoms with Crippen LogP contribution in [0.2, 0.25) is 0 Å². The van der Waals surface area contributed by atoms with Crippen molar-refractivity contribution in [3.8, 4) is 0 Å². The van der Waals surface area contributed by atoms with Gasteiger partial charge in [-0.2, -0.15) is 0 Å². The number of aryl methyl sites for hydroxylation is 2. The fourth-order valence-electron chi connectivity index (χ4n) is 1.41. The molecular weight excluding hydrogens is 176 g/mol. The van der Waals surface area contributed by atoms with Gasteiger partial charge in [0.15, 0.2) is 0 Å². The number of nitrogens with zero attached hydrogens (tertiary/aromatic N) is 3. The molecule has 0 aromatic carbocycles. The Kier molecular flexibility index (Phi) is 4.59. The van der Waals surface area contributed by atoms with E-state index in [9.17, 15) is 0 Å². The van der Waals surface area contributed by atoms with Gasteiger partial charge in [-0.05, 0) is 25.7 Å². The molecule has 1 rings (SSSR count).